The molecule has 3 rings (SSSR count). The highest BCUT2D eigenvalue weighted by atomic mass is 35.5. The van der Waals surface area contributed by atoms with Gasteiger partial charge in [-0.15, -0.1) is 11.3 Å². The lowest BCUT2D eigenvalue weighted by atomic mass is 10.2. The second-order valence-corrected chi connectivity index (χ2v) is 9.29. The van der Waals surface area contributed by atoms with E-state index in [0.29, 0.717) is 18.7 Å². The molecule has 1 aromatic heterocycles. The molecule has 6 nitrogen and oxygen atoms in total. The number of nitrogens with one attached hydrogen (secondary N) is 1. The Morgan fingerprint density at radius 3 is 2.58 bits per heavy atom. The maximum Gasteiger partial charge on any atom is 0.253 e. The predicted molar refractivity (Wildman–Crippen MR) is 103 cm³/mol. The summed E-state index contributed by atoms with van der Waals surface area (Å²) in [5, 5.41) is 2.16. The molecule has 0 atom stereocenters. The first kappa shape index (κ1) is 19.3. The molecule has 1 N–H and O–H groups in total. The van der Waals surface area contributed by atoms with E-state index in [0.717, 1.165) is 19.6 Å². The average molecular weight is 414 g/mol. The standard InChI is InChI=1S/C17H20ClN3O3S2/c1-19-26(23,24)16-11-13(4-5-15(16)18)17(22)21-8-6-20(7-9-21)12-14-3-2-10-25-14/h2-5,10-11,19H,6-9,12H2,1H3. The summed E-state index contributed by atoms with van der Waals surface area (Å²) >= 11 is 7.72. The summed E-state index contributed by atoms with van der Waals surface area (Å²) < 4.78 is 26.3. The van der Waals surface area contributed by atoms with E-state index in [-0.39, 0.29) is 15.8 Å². The number of piperazine rings is 1. The van der Waals surface area contributed by atoms with Crippen LogP contribution in [0.5, 0.6) is 0 Å². The number of rotatable bonds is 5. The monoisotopic (exact) mass is 413 g/mol. The van der Waals surface area contributed by atoms with Crippen LogP contribution in [0.1, 0.15) is 15.2 Å². The Bertz CT molecular complexity index is 877. The lowest BCUT2D eigenvalue weighted by Crippen LogP contribution is -2.48. The van der Waals surface area contributed by atoms with Gasteiger partial charge in [-0.3, -0.25) is 9.69 Å². The number of hydrogen-bond donors (Lipinski definition) is 1. The molecular weight excluding hydrogens is 394 g/mol. The summed E-state index contributed by atoms with van der Waals surface area (Å²) in [7, 11) is -2.40. The summed E-state index contributed by atoms with van der Waals surface area (Å²) in [5.41, 5.74) is 0.329. The van der Waals surface area contributed by atoms with Gasteiger partial charge in [0.25, 0.3) is 5.91 Å². The van der Waals surface area contributed by atoms with Gasteiger partial charge in [0.05, 0.1) is 5.02 Å². The van der Waals surface area contributed by atoms with E-state index in [1.165, 1.54) is 24.1 Å². The minimum Gasteiger partial charge on any atom is -0.336 e. The first-order valence-electron chi connectivity index (χ1n) is 8.18. The molecule has 1 aromatic carbocycles. The van der Waals surface area contributed by atoms with Gasteiger partial charge in [0, 0.05) is 43.2 Å². The van der Waals surface area contributed by atoms with Gasteiger partial charge in [0.2, 0.25) is 10.0 Å². The van der Waals surface area contributed by atoms with Crippen LogP contribution in [0.15, 0.2) is 40.6 Å². The highest BCUT2D eigenvalue weighted by molar-refractivity contribution is 7.89. The molecule has 1 fully saturated rings. The molecule has 2 heterocycles. The van der Waals surface area contributed by atoms with Crippen molar-refractivity contribution in [3.63, 3.8) is 0 Å². The van der Waals surface area contributed by atoms with Crippen molar-refractivity contribution in [1.82, 2.24) is 14.5 Å². The molecule has 9 heteroatoms. The third-order valence-electron chi connectivity index (χ3n) is 4.36. The molecule has 0 spiro atoms. The molecule has 1 aliphatic heterocycles. The molecular formula is C17H20ClN3O3S2. The number of carbonyl (C=O) groups excluding carboxylic acids is 1. The molecule has 1 aliphatic rings. The number of sulfonamides is 1. The number of hydrogen-bond acceptors (Lipinski definition) is 5. The topological polar surface area (TPSA) is 69.7 Å². The number of halogens is 1. The van der Waals surface area contributed by atoms with Crippen molar-refractivity contribution in [3.8, 4) is 0 Å². The number of nitrogens with zero attached hydrogens (tertiary/aromatic N) is 2. The van der Waals surface area contributed by atoms with Gasteiger partial charge in [-0.25, -0.2) is 13.1 Å². The Balaban J connectivity index is 1.68. The van der Waals surface area contributed by atoms with Crippen LogP contribution in [-0.4, -0.2) is 57.4 Å². The fraction of sp³-hybridized carbons (Fsp3) is 0.353. The molecule has 26 heavy (non-hydrogen) atoms. The zero-order valence-electron chi connectivity index (χ0n) is 14.3. The first-order chi connectivity index (χ1) is 12.4. The Kier molecular flexibility index (Phi) is 5.99. The molecule has 0 bridgehead atoms. The molecule has 2 aromatic rings. The normalized spacial score (nSPS) is 16.0. The highest BCUT2D eigenvalue weighted by Crippen LogP contribution is 2.23. The maximum absolute atomic E-state index is 12.8. The van der Waals surface area contributed by atoms with Crippen molar-refractivity contribution in [2.45, 2.75) is 11.4 Å². The van der Waals surface area contributed by atoms with Crippen molar-refractivity contribution in [2.75, 3.05) is 33.2 Å². The second kappa shape index (κ2) is 8.06. The predicted octanol–water partition coefficient (Wildman–Crippen LogP) is 2.27. The van der Waals surface area contributed by atoms with Crippen molar-refractivity contribution >= 4 is 38.9 Å². The van der Waals surface area contributed by atoms with E-state index in [1.54, 1.807) is 22.3 Å². The smallest absolute Gasteiger partial charge is 0.253 e. The van der Waals surface area contributed by atoms with E-state index in [9.17, 15) is 13.2 Å². The van der Waals surface area contributed by atoms with Crippen molar-refractivity contribution in [1.29, 1.82) is 0 Å². The molecule has 1 amide bonds. The van der Waals surface area contributed by atoms with Gasteiger partial charge >= 0.3 is 0 Å². The first-order valence-corrected chi connectivity index (χ1v) is 10.9. The summed E-state index contributed by atoms with van der Waals surface area (Å²) in [6, 6.07) is 8.51. The van der Waals surface area contributed by atoms with Crippen molar-refractivity contribution < 1.29 is 13.2 Å². The third kappa shape index (κ3) is 4.27. The van der Waals surface area contributed by atoms with E-state index in [1.807, 2.05) is 6.07 Å². The minimum atomic E-state index is -3.71. The summed E-state index contributed by atoms with van der Waals surface area (Å²) in [6.07, 6.45) is 0. The van der Waals surface area contributed by atoms with Crippen LogP contribution in [0.3, 0.4) is 0 Å². The fourth-order valence-electron chi connectivity index (χ4n) is 2.87. The van der Waals surface area contributed by atoms with Crippen LogP contribution < -0.4 is 4.72 Å². The van der Waals surface area contributed by atoms with Gasteiger partial charge < -0.3 is 4.90 Å². The lowest BCUT2D eigenvalue weighted by Gasteiger charge is -2.34. The quantitative estimate of drug-likeness (QED) is 0.816. The summed E-state index contributed by atoms with van der Waals surface area (Å²) in [5.74, 6) is -0.176. The second-order valence-electron chi connectivity index (χ2n) is 6.00. The van der Waals surface area contributed by atoms with Crippen LogP contribution in [-0.2, 0) is 16.6 Å². The summed E-state index contributed by atoms with van der Waals surface area (Å²) in [6.45, 7) is 3.70. The molecule has 1 saturated heterocycles. The molecule has 0 radical (unpaired) electrons. The Labute approximate surface area is 162 Å². The Morgan fingerprint density at radius 2 is 1.96 bits per heavy atom. The third-order valence-corrected chi connectivity index (χ3v) is 7.11. The molecule has 140 valence electrons. The SMILES string of the molecule is CNS(=O)(=O)c1cc(C(=O)N2CCN(Cc3cccs3)CC2)ccc1Cl. The van der Waals surface area contributed by atoms with E-state index in [4.69, 9.17) is 11.6 Å². The number of amides is 1. The van der Waals surface area contributed by atoms with Crippen molar-refractivity contribution in [3.05, 3.63) is 51.2 Å². The van der Waals surface area contributed by atoms with Gasteiger partial charge in [-0.2, -0.15) is 0 Å². The molecule has 0 aliphatic carbocycles. The van der Waals surface area contributed by atoms with Crippen LogP contribution >= 0.6 is 22.9 Å². The zero-order chi connectivity index (χ0) is 18.7. The fourth-order valence-corrected chi connectivity index (χ4v) is 4.86. The lowest BCUT2D eigenvalue weighted by molar-refractivity contribution is 0.0629. The van der Waals surface area contributed by atoms with E-state index >= 15 is 0 Å². The van der Waals surface area contributed by atoms with Crippen LogP contribution in [0, 0.1) is 0 Å². The summed E-state index contributed by atoms with van der Waals surface area (Å²) in [4.78, 5) is 18.1. The van der Waals surface area contributed by atoms with E-state index < -0.39 is 10.0 Å². The highest BCUT2D eigenvalue weighted by Gasteiger charge is 2.24. The molecule has 0 unspecified atom stereocenters. The van der Waals surface area contributed by atoms with Crippen molar-refractivity contribution in [2.24, 2.45) is 0 Å². The van der Waals surface area contributed by atoms with Crippen LogP contribution in [0.4, 0.5) is 0 Å². The van der Waals surface area contributed by atoms with E-state index in [2.05, 4.69) is 21.1 Å². The Hall–Kier alpha value is -1.45. The number of benzene rings is 1. The average Bonchev–Trinajstić information content (AvgIpc) is 3.15. The zero-order valence-corrected chi connectivity index (χ0v) is 16.7. The number of carbonyl (C=O) groups is 1. The van der Waals surface area contributed by atoms with Gasteiger partial charge in [0.1, 0.15) is 4.90 Å². The Morgan fingerprint density at radius 1 is 1.23 bits per heavy atom. The van der Waals surface area contributed by atoms with Gasteiger partial charge in [-0.05, 0) is 36.7 Å². The van der Waals surface area contributed by atoms with Crippen LogP contribution in [0.2, 0.25) is 5.02 Å². The van der Waals surface area contributed by atoms with Gasteiger partial charge in [-0.1, -0.05) is 17.7 Å². The van der Waals surface area contributed by atoms with Gasteiger partial charge in [0.15, 0.2) is 0 Å². The molecule has 0 saturated carbocycles. The maximum atomic E-state index is 12.8. The van der Waals surface area contributed by atoms with Crippen LogP contribution in [0.25, 0.3) is 0 Å². The minimum absolute atomic E-state index is 0.0798. The number of thiophene rings is 1. The largest absolute Gasteiger partial charge is 0.336 e.